The molecule has 1 N–H and O–H groups in total. The lowest BCUT2D eigenvalue weighted by Crippen LogP contribution is -2.01. The highest BCUT2D eigenvalue weighted by Crippen LogP contribution is 2.31. The molecule has 0 radical (unpaired) electrons. The Morgan fingerprint density at radius 1 is 1.13 bits per heavy atom. The predicted molar refractivity (Wildman–Crippen MR) is 56.9 cm³/mol. The van der Waals surface area contributed by atoms with Crippen molar-refractivity contribution >= 4 is 16.7 Å². The topological polar surface area (TPSA) is 46.5 Å². The van der Waals surface area contributed by atoms with Crippen LogP contribution in [0.2, 0.25) is 0 Å². The number of fused-ring (bicyclic) bond motifs is 1. The van der Waals surface area contributed by atoms with Crippen LogP contribution in [-0.4, -0.2) is 11.1 Å². The van der Waals surface area contributed by atoms with Crippen LogP contribution in [0.3, 0.4) is 0 Å². The summed E-state index contributed by atoms with van der Waals surface area (Å²) in [5.41, 5.74) is 0. The number of aromatic hydroxyl groups is 1. The average Bonchev–Trinajstić information content (AvgIpc) is 2.19. The van der Waals surface area contributed by atoms with Crippen molar-refractivity contribution in [3.8, 4) is 11.5 Å². The molecule has 0 fully saturated rings. The molecular weight excluding hydrogens is 192 g/mol. The van der Waals surface area contributed by atoms with Gasteiger partial charge in [-0.2, -0.15) is 0 Å². The van der Waals surface area contributed by atoms with Crippen molar-refractivity contribution in [1.29, 1.82) is 0 Å². The third kappa shape index (κ3) is 1.76. The van der Waals surface area contributed by atoms with Crippen molar-refractivity contribution in [2.75, 3.05) is 0 Å². The Kier molecular flexibility index (Phi) is 2.29. The zero-order valence-electron chi connectivity index (χ0n) is 8.23. The Morgan fingerprint density at radius 2 is 1.80 bits per heavy atom. The predicted octanol–water partition coefficient (Wildman–Crippen LogP) is 2.47. The molecule has 2 aromatic rings. The molecule has 15 heavy (non-hydrogen) atoms. The maximum atomic E-state index is 10.9. The molecule has 0 aromatic heterocycles. The summed E-state index contributed by atoms with van der Waals surface area (Å²) >= 11 is 0. The second-order valence-electron chi connectivity index (χ2n) is 3.22. The van der Waals surface area contributed by atoms with Gasteiger partial charge in [-0.3, -0.25) is 4.79 Å². The summed E-state index contributed by atoms with van der Waals surface area (Å²) in [6.07, 6.45) is 0. The lowest BCUT2D eigenvalue weighted by Gasteiger charge is -2.06. The van der Waals surface area contributed by atoms with Gasteiger partial charge in [0.25, 0.3) is 0 Å². The fraction of sp³-hybridized carbons (Fsp3) is 0.0833. The number of esters is 1. The monoisotopic (exact) mass is 202 g/mol. The molecule has 2 rings (SSSR count). The number of rotatable bonds is 1. The fourth-order valence-electron chi connectivity index (χ4n) is 1.51. The van der Waals surface area contributed by atoms with Gasteiger partial charge in [-0.15, -0.1) is 0 Å². The van der Waals surface area contributed by atoms with Gasteiger partial charge in [0.2, 0.25) is 0 Å². The van der Waals surface area contributed by atoms with Crippen LogP contribution < -0.4 is 4.74 Å². The maximum absolute atomic E-state index is 10.9. The van der Waals surface area contributed by atoms with Crippen LogP contribution in [0.25, 0.3) is 10.8 Å². The summed E-state index contributed by atoms with van der Waals surface area (Å²) in [5, 5.41) is 11.0. The smallest absolute Gasteiger partial charge is 0.308 e. The Labute approximate surface area is 86.9 Å². The van der Waals surface area contributed by atoms with Crippen LogP contribution in [-0.2, 0) is 4.79 Å². The third-order valence-electron chi connectivity index (χ3n) is 2.11. The standard InChI is InChI=1S/C12H10O3/c1-8(13)15-12-7-3-4-9-10(12)5-2-6-11(9)14/h2-7,14H,1H3. The Morgan fingerprint density at radius 3 is 2.53 bits per heavy atom. The van der Waals surface area contributed by atoms with Gasteiger partial charge >= 0.3 is 5.97 Å². The highest BCUT2D eigenvalue weighted by molar-refractivity contribution is 5.94. The third-order valence-corrected chi connectivity index (χ3v) is 2.11. The molecule has 0 aliphatic carbocycles. The zero-order valence-corrected chi connectivity index (χ0v) is 8.23. The largest absolute Gasteiger partial charge is 0.507 e. The van der Waals surface area contributed by atoms with Gasteiger partial charge in [-0.05, 0) is 12.1 Å². The number of hydrogen-bond acceptors (Lipinski definition) is 3. The number of benzene rings is 2. The molecule has 0 bridgehead atoms. The first-order chi connectivity index (χ1) is 7.18. The van der Waals surface area contributed by atoms with Crippen molar-refractivity contribution in [2.24, 2.45) is 0 Å². The van der Waals surface area contributed by atoms with Crippen LogP contribution >= 0.6 is 0 Å². The minimum absolute atomic E-state index is 0.182. The van der Waals surface area contributed by atoms with Gasteiger partial charge in [0, 0.05) is 17.7 Å². The summed E-state index contributed by atoms with van der Waals surface area (Å²) in [4.78, 5) is 10.9. The van der Waals surface area contributed by atoms with Crippen molar-refractivity contribution in [3.05, 3.63) is 36.4 Å². The van der Waals surface area contributed by atoms with E-state index in [2.05, 4.69) is 0 Å². The van der Waals surface area contributed by atoms with E-state index in [9.17, 15) is 9.90 Å². The van der Waals surface area contributed by atoms with E-state index >= 15 is 0 Å². The van der Waals surface area contributed by atoms with E-state index in [1.807, 2.05) is 0 Å². The number of carbonyl (C=O) groups excluding carboxylic acids is 1. The van der Waals surface area contributed by atoms with Crippen LogP contribution in [0, 0.1) is 0 Å². The van der Waals surface area contributed by atoms with Crippen molar-refractivity contribution < 1.29 is 14.6 Å². The molecule has 76 valence electrons. The lowest BCUT2D eigenvalue weighted by atomic mass is 10.1. The van der Waals surface area contributed by atoms with E-state index in [1.165, 1.54) is 6.92 Å². The van der Waals surface area contributed by atoms with E-state index in [1.54, 1.807) is 36.4 Å². The highest BCUT2D eigenvalue weighted by atomic mass is 16.5. The van der Waals surface area contributed by atoms with Gasteiger partial charge < -0.3 is 9.84 Å². The summed E-state index contributed by atoms with van der Waals surface area (Å²) in [5.74, 6) is 0.281. The van der Waals surface area contributed by atoms with Crippen molar-refractivity contribution in [1.82, 2.24) is 0 Å². The normalized spacial score (nSPS) is 10.2. The van der Waals surface area contributed by atoms with Gasteiger partial charge in [-0.25, -0.2) is 0 Å². The zero-order chi connectivity index (χ0) is 10.8. The molecule has 0 heterocycles. The first-order valence-electron chi connectivity index (χ1n) is 4.57. The quantitative estimate of drug-likeness (QED) is 0.570. The molecule has 0 spiro atoms. The van der Waals surface area contributed by atoms with Crippen LogP contribution in [0.1, 0.15) is 6.92 Å². The highest BCUT2D eigenvalue weighted by Gasteiger charge is 2.06. The van der Waals surface area contributed by atoms with Gasteiger partial charge in [0.15, 0.2) is 0 Å². The summed E-state index contributed by atoms with van der Waals surface area (Å²) in [6.45, 7) is 1.35. The van der Waals surface area contributed by atoms with E-state index in [0.29, 0.717) is 11.1 Å². The minimum Gasteiger partial charge on any atom is -0.507 e. The van der Waals surface area contributed by atoms with E-state index in [-0.39, 0.29) is 11.7 Å². The molecule has 0 aliphatic rings. The molecule has 3 heteroatoms. The molecule has 2 aromatic carbocycles. The SMILES string of the molecule is CC(=O)Oc1cccc2c(O)cccc12. The second-order valence-corrected chi connectivity index (χ2v) is 3.22. The molecule has 0 saturated heterocycles. The first kappa shape index (κ1) is 9.52. The summed E-state index contributed by atoms with van der Waals surface area (Å²) in [7, 11) is 0. The lowest BCUT2D eigenvalue weighted by molar-refractivity contribution is -0.131. The van der Waals surface area contributed by atoms with Crippen LogP contribution in [0.5, 0.6) is 11.5 Å². The Hall–Kier alpha value is -2.03. The molecule has 0 atom stereocenters. The second kappa shape index (κ2) is 3.61. The molecular formula is C12H10O3. The molecule has 3 nitrogen and oxygen atoms in total. The van der Waals surface area contributed by atoms with E-state index < -0.39 is 0 Å². The fourth-order valence-corrected chi connectivity index (χ4v) is 1.51. The minimum atomic E-state index is -0.370. The molecule has 0 unspecified atom stereocenters. The number of phenolic OH excluding ortho intramolecular Hbond substituents is 1. The average molecular weight is 202 g/mol. The Bertz CT molecular complexity index is 517. The number of phenols is 1. The first-order valence-corrected chi connectivity index (χ1v) is 4.57. The van der Waals surface area contributed by atoms with Crippen LogP contribution in [0.15, 0.2) is 36.4 Å². The number of hydrogen-bond donors (Lipinski definition) is 1. The van der Waals surface area contributed by atoms with Gasteiger partial charge in [0.1, 0.15) is 11.5 Å². The van der Waals surface area contributed by atoms with E-state index in [4.69, 9.17) is 4.74 Å². The number of carbonyl (C=O) groups is 1. The van der Waals surface area contributed by atoms with E-state index in [0.717, 1.165) is 5.39 Å². The summed E-state index contributed by atoms with van der Waals surface area (Å²) in [6, 6.07) is 10.3. The molecule has 0 amide bonds. The van der Waals surface area contributed by atoms with Gasteiger partial charge in [0.05, 0.1) is 0 Å². The Balaban J connectivity index is 2.65. The molecule has 0 saturated carbocycles. The number of ether oxygens (including phenoxy) is 1. The van der Waals surface area contributed by atoms with Gasteiger partial charge in [-0.1, -0.05) is 24.3 Å². The maximum Gasteiger partial charge on any atom is 0.308 e. The molecule has 0 aliphatic heterocycles. The van der Waals surface area contributed by atoms with Crippen molar-refractivity contribution in [2.45, 2.75) is 6.92 Å². The van der Waals surface area contributed by atoms with Crippen molar-refractivity contribution in [3.63, 3.8) is 0 Å². The summed E-state index contributed by atoms with van der Waals surface area (Å²) < 4.78 is 5.03. The van der Waals surface area contributed by atoms with Crippen LogP contribution in [0.4, 0.5) is 0 Å².